The predicted molar refractivity (Wildman–Crippen MR) is 72.1 cm³/mol. The second kappa shape index (κ2) is 6.83. The summed E-state index contributed by atoms with van der Waals surface area (Å²) in [6.07, 6.45) is 2.74. The van der Waals surface area contributed by atoms with E-state index in [1.165, 1.54) is 0 Å². The molecule has 1 unspecified atom stereocenters. The zero-order valence-corrected chi connectivity index (χ0v) is 11.1. The molecule has 0 aliphatic carbocycles. The molecule has 0 aromatic heterocycles. The van der Waals surface area contributed by atoms with E-state index in [1.54, 1.807) is 0 Å². The van der Waals surface area contributed by atoms with Crippen LogP contribution in [0.2, 0.25) is 0 Å². The van der Waals surface area contributed by atoms with Gasteiger partial charge in [-0.15, -0.1) is 11.6 Å². The predicted octanol–water partition coefficient (Wildman–Crippen LogP) is 2.37. The van der Waals surface area contributed by atoms with Crippen LogP contribution in [-0.2, 0) is 0 Å². The smallest absolute Gasteiger partial charge is 0.161 e. The molecule has 0 radical (unpaired) electrons. The molecule has 1 aliphatic heterocycles. The van der Waals surface area contributed by atoms with Gasteiger partial charge < -0.3 is 9.47 Å². The molecule has 0 fully saturated rings. The summed E-state index contributed by atoms with van der Waals surface area (Å²) in [6, 6.07) is 6.06. The maximum atomic E-state index is 5.71. The van der Waals surface area contributed by atoms with Gasteiger partial charge in [0.1, 0.15) is 0 Å². The molecular weight excluding hydrogens is 252 g/mol. The first-order valence-electron chi connectivity index (χ1n) is 6.27. The van der Waals surface area contributed by atoms with Crippen LogP contribution in [0.5, 0.6) is 11.5 Å². The number of hydrogen-bond acceptors (Lipinski definition) is 4. The highest BCUT2D eigenvalue weighted by Gasteiger charge is 2.15. The van der Waals surface area contributed by atoms with E-state index >= 15 is 0 Å². The fourth-order valence-corrected chi connectivity index (χ4v) is 2.18. The lowest BCUT2D eigenvalue weighted by Crippen LogP contribution is -2.28. The summed E-state index contributed by atoms with van der Waals surface area (Å²) >= 11 is 5.71. The number of nitrogens with two attached hydrogens (primary N) is 1. The zero-order valence-electron chi connectivity index (χ0n) is 10.3. The van der Waals surface area contributed by atoms with Gasteiger partial charge in [0.25, 0.3) is 0 Å². The van der Waals surface area contributed by atoms with Gasteiger partial charge in [-0.1, -0.05) is 6.07 Å². The molecule has 2 rings (SSSR count). The lowest BCUT2D eigenvalue weighted by atomic mass is 10.0. The van der Waals surface area contributed by atoms with E-state index in [4.69, 9.17) is 26.9 Å². The summed E-state index contributed by atoms with van der Waals surface area (Å²) in [5.74, 6) is 7.84. The van der Waals surface area contributed by atoms with Gasteiger partial charge in [-0.05, 0) is 30.5 Å². The van der Waals surface area contributed by atoms with Crippen molar-refractivity contribution in [2.45, 2.75) is 25.3 Å². The Morgan fingerprint density at radius 3 is 2.78 bits per heavy atom. The van der Waals surface area contributed by atoms with E-state index in [9.17, 15) is 0 Å². The third kappa shape index (κ3) is 3.28. The Bertz CT molecular complexity index is 387. The Morgan fingerprint density at radius 2 is 2.06 bits per heavy atom. The van der Waals surface area contributed by atoms with E-state index in [-0.39, 0.29) is 6.04 Å². The van der Waals surface area contributed by atoms with E-state index in [0.29, 0.717) is 19.1 Å². The van der Waals surface area contributed by atoms with Crippen LogP contribution in [0.15, 0.2) is 18.2 Å². The first-order chi connectivity index (χ1) is 8.85. The average molecular weight is 271 g/mol. The summed E-state index contributed by atoms with van der Waals surface area (Å²) in [7, 11) is 0. The number of hydrazine groups is 1. The van der Waals surface area contributed by atoms with Crippen LogP contribution in [0.3, 0.4) is 0 Å². The van der Waals surface area contributed by atoms with Gasteiger partial charge in [0.15, 0.2) is 11.5 Å². The quantitative estimate of drug-likeness (QED) is 0.490. The molecule has 100 valence electrons. The van der Waals surface area contributed by atoms with Crippen molar-refractivity contribution in [3.05, 3.63) is 23.8 Å². The van der Waals surface area contributed by atoms with Crippen molar-refractivity contribution in [2.75, 3.05) is 19.1 Å². The van der Waals surface area contributed by atoms with E-state index < -0.39 is 0 Å². The Labute approximate surface area is 112 Å². The lowest BCUT2D eigenvalue weighted by Gasteiger charge is -2.17. The monoisotopic (exact) mass is 270 g/mol. The Morgan fingerprint density at radius 1 is 1.28 bits per heavy atom. The van der Waals surface area contributed by atoms with Gasteiger partial charge >= 0.3 is 0 Å². The third-order valence-corrected chi connectivity index (χ3v) is 3.27. The highest BCUT2D eigenvalue weighted by molar-refractivity contribution is 6.17. The molecule has 1 aromatic rings. The highest BCUT2D eigenvalue weighted by Crippen LogP contribution is 2.33. The van der Waals surface area contributed by atoms with Crippen LogP contribution in [0.4, 0.5) is 0 Å². The Hall–Kier alpha value is -0.970. The first-order valence-corrected chi connectivity index (χ1v) is 6.80. The van der Waals surface area contributed by atoms with Gasteiger partial charge in [-0.25, -0.2) is 0 Å². The number of nitrogens with one attached hydrogen (secondary N) is 1. The summed E-state index contributed by atoms with van der Waals surface area (Å²) in [4.78, 5) is 0. The summed E-state index contributed by atoms with van der Waals surface area (Å²) in [5.41, 5.74) is 3.92. The van der Waals surface area contributed by atoms with Crippen molar-refractivity contribution in [3.8, 4) is 11.5 Å². The molecule has 1 aromatic carbocycles. The maximum absolute atomic E-state index is 5.71. The molecule has 1 heterocycles. The Kier molecular flexibility index (Phi) is 5.11. The fourth-order valence-electron chi connectivity index (χ4n) is 2.02. The standard InChI is InChI=1S/C13H19ClN2O2/c14-6-1-3-11(16-15)10-4-5-12-13(9-10)18-8-2-7-17-12/h4-5,9,11,16H,1-3,6-8,15H2. The minimum absolute atomic E-state index is 0.0981. The topological polar surface area (TPSA) is 56.5 Å². The van der Waals surface area contributed by atoms with Crippen molar-refractivity contribution in [2.24, 2.45) is 5.84 Å². The van der Waals surface area contributed by atoms with Gasteiger partial charge in [-0.3, -0.25) is 11.3 Å². The second-order valence-corrected chi connectivity index (χ2v) is 4.69. The summed E-state index contributed by atoms with van der Waals surface area (Å²) in [6.45, 7) is 1.40. The molecule has 0 bridgehead atoms. The van der Waals surface area contributed by atoms with Crippen molar-refractivity contribution in [1.82, 2.24) is 5.43 Å². The van der Waals surface area contributed by atoms with Crippen LogP contribution in [0, 0.1) is 0 Å². The number of fused-ring (bicyclic) bond motifs is 1. The third-order valence-electron chi connectivity index (χ3n) is 3.00. The molecule has 5 heteroatoms. The van der Waals surface area contributed by atoms with Gasteiger partial charge in [0.05, 0.1) is 13.2 Å². The van der Waals surface area contributed by atoms with Gasteiger partial charge in [-0.2, -0.15) is 0 Å². The summed E-state index contributed by atoms with van der Waals surface area (Å²) in [5, 5.41) is 0. The van der Waals surface area contributed by atoms with Crippen molar-refractivity contribution in [1.29, 1.82) is 0 Å². The van der Waals surface area contributed by atoms with Crippen LogP contribution in [0.1, 0.15) is 30.9 Å². The van der Waals surface area contributed by atoms with Crippen LogP contribution in [0.25, 0.3) is 0 Å². The van der Waals surface area contributed by atoms with Crippen LogP contribution < -0.4 is 20.7 Å². The van der Waals surface area contributed by atoms with Crippen LogP contribution >= 0.6 is 11.6 Å². The lowest BCUT2D eigenvalue weighted by molar-refractivity contribution is 0.297. The molecule has 1 aliphatic rings. The number of ether oxygens (including phenoxy) is 2. The summed E-state index contributed by atoms with van der Waals surface area (Å²) < 4.78 is 11.3. The maximum Gasteiger partial charge on any atom is 0.161 e. The number of rotatable bonds is 5. The first kappa shape index (κ1) is 13.5. The minimum Gasteiger partial charge on any atom is -0.490 e. The second-order valence-electron chi connectivity index (χ2n) is 4.31. The largest absolute Gasteiger partial charge is 0.490 e. The normalized spacial score (nSPS) is 16.1. The zero-order chi connectivity index (χ0) is 12.8. The number of alkyl halides is 1. The number of halogens is 1. The molecule has 0 spiro atoms. The van der Waals surface area contributed by atoms with Crippen molar-refractivity contribution in [3.63, 3.8) is 0 Å². The van der Waals surface area contributed by atoms with E-state index in [0.717, 1.165) is 36.3 Å². The van der Waals surface area contributed by atoms with E-state index in [1.807, 2.05) is 18.2 Å². The Balaban J connectivity index is 2.15. The molecule has 3 N–H and O–H groups in total. The highest BCUT2D eigenvalue weighted by atomic mass is 35.5. The molecule has 18 heavy (non-hydrogen) atoms. The van der Waals surface area contributed by atoms with Crippen molar-refractivity contribution < 1.29 is 9.47 Å². The molecule has 0 saturated carbocycles. The van der Waals surface area contributed by atoms with E-state index in [2.05, 4.69) is 5.43 Å². The van der Waals surface area contributed by atoms with Gasteiger partial charge in [0, 0.05) is 18.3 Å². The molecule has 4 nitrogen and oxygen atoms in total. The molecule has 1 atom stereocenters. The van der Waals surface area contributed by atoms with Gasteiger partial charge in [0.2, 0.25) is 0 Å². The molecule has 0 saturated heterocycles. The SMILES string of the molecule is NNC(CCCCl)c1ccc2c(c1)OCCCO2. The molecular formula is C13H19ClN2O2. The minimum atomic E-state index is 0.0981. The average Bonchev–Trinajstić information content (AvgIpc) is 2.64. The molecule has 0 amide bonds. The van der Waals surface area contributed by atoms with Crippen molar-refractivity contribution >= 4 is 11.6 Å². The number of hydrogen-bond donors (Lipinski definition) is 2. The number of benzene rings is 1. The fraction of sp³-hybridized carbons (Fsp3) is 0.538. The van der Waals surface area contributed by atoms with Crippen LogP contribution in [-0.4, -0.2) is 19.1 Å².